The van der Waals surface area contributed by atoms with Crippen LogP contribution in [0.3, 0.4) is 0 Å². The van der Waals surface area contributed by atoms with Gasteiger partial charge in [-0.3, -0.25) is 5.10 Å². The monoisotopic (exact) mass is 239 g/mol. The Morgan fingerprint density at radius 3 is 2.71 bits per heavy atom. The Hall–Kier alpha value is -1.52. The van der Waals surface area contributed by atoms with E-state index in [1.165, 1.54) is 25.7 Å². The van der Waals surface area contributed by atoms with Gasteiger partial charge >= 0.3 is 5.97 Å². The van der Waals surface area contributed by atoms with Crippen LogP contribution >= 0.6 is 0 Å². The Balaban J connectivity index is 2.34. The van der Waals surface area contributed by atoms with Crippen LogP contribution in [0.2, 0.25) is 0 Å². The third-order valence-electron chi connectivity index (χ3n) is 2.73. The van der Waals surface area contributed by atoms with Gasteiger partial charge in [0, 0.05) is 12.2 Å². The van der Waals surface area contributed by atoms with Crippen molar-refractivity contribution in [3.8, 4) is 0 Å². The van der Waals surface area contributed by atoms with Crippen molar-refractivity contribution in [1.29, 1.82) is 0 Å². The second-order valence-electron chi connectivity index (χ2n) is 4.22. The van der Waals surface area contributed by atoms with Crippen molar-refractivity contribution in [3.05, 3.63) is 11.3 Å². The van der Waals surface area contributed by atoms with Crippen LogP contribution in [-0.2, 0) is 0 Å². The van der Waals surface area contributed by atoms with Gasteiger partial charge < -0.3 is 10.4 Å². The summed E-state index contributed by atoms with van der Waals surface area (Å²) in [6.45, 7) is 4.67. The quantitative estimate of drug-likeness (QED) is 0.609. The predicted octanol–water partition coefficient (Wildman–Crippen LogP) is 2.80. The van der Waals surface area contributed by atoms with Crippen LogP contribution in [0.1, 0.15) is 55.1 Å². The van der Waals surface area contributed by atoms with E-state index in [-0.39, 0.29) is 5.56 Å². The third-order valence-corrected chi connectivity index (χ3v) is 2.73. The van der Waals surface area contributed by atoms with Crippen LogP contribution in [0.25, 0.3) is 0 Å². The number of hydrogen-bond donors (Lipinski definition) is 3. The van der Waals surface area contributed by atoms with Gasteiger partial charge in [0.1, 0.15) is 5.56 Å². The van der Waals surface area contributed by atoms with E-state index >= 15 is 0 Å². The van der Waals surface area contributed by atoms with E-state index in [4.69, 9.17) is 5.11 Å². The molecule has 0 fully saturated rings. The van der Waals surface area contributed by atoms with E-state index in [2.05, 4.69) is 22.4 Å². The zero-order valence-corrected chi connectivity index (χ0v) is 10.5. The second kappa shape index (κ2) is 6.93. The molecule has 0 spiro atoms. The maximum absolute atomic E-state index is 11.0. The molecule has 1 aromatic heterocycles. The van der Waals surface area contributed by atoms with E-state index in [1.807, 2.05) is 0 Å². The lowest BCUT2D eigenvalue weighted by Gasteiger charge is -2.04. The maximum atomic E-state index is 11.0. The molecular formula is C12H21N3O2. The van der Waals surface area contributed by atoms with Crippen molar-refractivity contribution in [2.75, 3.05) is 11.9 Å². The lowest BCUT2D eigenvalue weighted by atomic mass is 10.1. The highest BCUT2D eigenvalue weighted by Gasteiger charge is 2.16. The molecular weight excluding hydrogens is 218 g/mol. The molecule has 0 saturated carbocycles. The van der Waals surface area contributed by atoms with Crippen LogP contribution in [-0.4, -0.2) is 27.8 Å². The molecule has 5 nitrogen and oxygen atoms in total. The lowest BCUT2D eigenvalue weighted by molar-refractivity contribution is 0.0697. The van der Waals surface area contributed by atoms with E-state index in [9.17, 15) is 4.79 Å². The number of hydrogen-bond acceptors (Lipinski definition) is 3. The number of carboxylic acids is 1. The number of rotatable bonds is 8. The molecule has 5 heteroatoms. The first-order valence-electron chi connectivity index (χ1n) is 6.19. The van der Waals surface area contributed by atoms with Crippen LogP contribution in [0.15, 0.2) is 0 Å². The van der Waals surface area contributed by atoms with Gasteiger partial charge in [-0.05, 0) is 13.3 Å². The molecule has 0 radical (unpaired) electrons. The number of carbonyl (C=O) groups is 1. The first-order chi connectivity index (χ1) is 8.16. The van der Waals surface area contributed by atoms with Gasteiger partial charge in [0.25, 0.3) is 0 Å². The number of unbranched alkanes of at least 4 members (excludes halogenated alkanes) is 4. The molecule has 0 saturated heterocycles. The van der Waals surface area contributed by atoms with E-state index in [1.54, 1.807) is 6.92 Å². The second-order valence-corrected chi connectivity index (χ2v) is 4.22. The smallest absolute Gasteiger partial charge is 0.341 e. The Morgan fingerprint density at radius 1 is 1.35 bits per heavy atom. The average molecular weight is 239 g/mol. The fraction of sp³-hybridized carbons (Fsp3) is 0.667. The zero-order chi connectivity index (χ0) is 12.7. The number of aromatic nitrogens is 2. The van der Waals surface area contributed by atoms with E-state index < -0.39 is 5.97 Å². The molecule has 0 aliphatic rings. The Bertz CT molecular complexity index is 361. The molecule has 0 atom stereocenters. The van der Waals surface area contributed by atoms with E-state index in [0.717, 1.165) is 13.0 Å². The molecule has 0 unspecified atom stereocenters. The topological polar surface area (TPSA) is 78.0 Å². The summed E-state index contributed by atoms with van der Waals surface area (Å²) in [4.78, 5) is 11.0. The molecule has 17 heavy (non-hydrogen) atoms. The highest BCUT2D eigenvalue weighted by atomic mass is 16.4. The number of nitrogens with zero attached hydrogens (tertiary/aromatic N) is 1. The summed E-state index contributed by atoms with van der Waals surface area (Å²) in [5, 5.41) is 18.7. The van der Waals surface area contributed by atoms with Crippen molar-refractivity contribution in [2.45, 2.75) is 46.0 Å². The third kappa shape index (κ3) is 4.09. The minimum Gasteiger partial charge on any atom is -0.477 e. The van der Waals surface area contributed by atoms with Gasteiger partial charge in [-0.25, -0.2) is 4.79 Å². The minimum atomic E-state index is -0.940. The van der Waals surface area contributed by atoms with Crippen LogP contribution < -0.4 is 5.32 Å². The largest absolute Gasteiger partial charge is 0.477 e. The summed E-state index contributed by atoms with van der Waals surface area (Å²) in [5.74, 6) is -0.491. The van der Waals surface area contributed by atoms with Gasteiger partial charge in [0.15, 0.2) is 5.82 Å². The lowest BCUT2D eigenvalue weighted by Crippen LogP contribution is -2.07. The number of aromatic carboxylic acids is 1. The molecule has 0 aromatic carbocycles. The predicted molar refractivity (Wildman–Crippen MR) is 67.5 cm³/mol. The zero-order valence-electron chi connectivity index (χ0n) is 10.5. The van der Waals surface area contributed by atoms with Crippen molar-refractivity contribution >= 4 is 11.8 Å². The van der Waals surface area contributed by atoms with Gasteiger partial charge in [0.2, 0.25) is 0 Å². The molecule has 1 rings (SSSR count). The van der Waals surface area contributed by atoms with Crippen molar-refractivity contribution < 1.29 is 9.90 Å². The fourth-order valence-corrected chi connectivity index (χ4v) is 1.75. The summed E-state index contributed by atoms with van der Waals surface area (Å²) in [5.41, 5.74) is 0.838. The summed E-state index contributed by atoms with van der Waals surface area (Å²) >= 11 is 0. The number of anilines is 1. The molecule has 1 heterocycles. The van der Waals surface area contributed by atoms with Crippen molar-refractivity contribution in [3.63, 3.8) is 0 Å². The Labute approximate surface area is 102 Å². The molecule has 0 amide bonds. The highest BCUT2D eigenvalue weighted by molar-refractivity contribution is 5.94. The van der Waals surface area contributed by atoms with Crippen LogP contribution in [0.5, 0.6) is 0 Å². The first kappa shape index (κ1) is 13.5. The van der Waals surface area contributed by atoms with Gasteiger partial charge in [-0.2, -0.15) is 5.10 Å². The van der Waals surface area contributed by atoms with Crippen LogP contribution in [0.4, 0.5) is 5.82 Å². The Kier molecular flexibility index (Phi) is 5.52. The molecule has 3 N–H and O–H groups in total. The van der Waals surface area contributed by atoms with E-state index in [0.29, 0.717) is 11.5 Å². The summed E-state index contributed by atoms with van der Waals surface area (Å²) < 4.78 is 0. The maximum Gasteiger partial charge on any atom is 0.341 e. The molecule has 1 aromatic rings. The van der Waals surface area contributed by atoms with Crippen molar-refractivity contribution in [1.82, 2.24) is 10.2 Å². The highest BCUT2D eigenvalue weighted by Crippen LogP contribution is 2.15. The summed E-state index contributed by atoms with van der Waals surface area (Å²) in [6.07, 6.45) is 5.96. The van der Waals surface area contributed by atoms with Gasteiger partial charge in [-0.15, -0.1) is 0 Å². The first-order valence-corrected chi connectivity index (χ1v) is 6.19. The Morgan fingerprint density at radius 2 is 2.06 bits per heavy atom. The number of aryl methyl sites for hydroxylation is 1. The van der Waals surface area contributed by atoms with Gasteiger partial charge in [0.05, 0.1) is 0 Å². The number of nitrogens with one attached hydrogen (secondary N) is 2. The number of carboxylic acid groups (broad SMARTS) is 1. The molecule has 0 bridgehead atoms. The SMILES string of the molecule is CCCCCCCNc1n[nH]c(C)c1C(=O)O. The van der Waals surface area contributed by atoms with Crippen molar-refractivity contribution in [2.24, 2.45) is 0 Å². The molecule has 96 valence electrons. The molecule has 0 aliphatic heterocycles. The van der Waals surface area contributed by atoms with Gasteiger partial charge in [-0.1, -0.05) is 32.6 Å². The summed E-state index contributed by atoms with van der Waals surface area (Å²) in [6, 6.07) is 0. The number of H-pyrrole nitrogens is 1. The standard InChI is InChI=1S/C12H21N3O2/c1-3-4-5-6-7-8-13-11-10(12(16)17)9(2)14-15-11/h3-8H2,1-2H3,(H,16,17)(H2,13,14,15). The van der Waals surface area contributed by atoms with Crippen LogP contribution in [0, 0.1) is 6.92 Å². The summed E-state index contributed by atoms with van der Waals surface area (Å²) in [7, 11) is 0. The molecule has 0 aliphatic carbocycles. The fourth-order valence-electron chi connectivity index (χ4n) is 1.75. The number of aromatic amines is 1. The normalized spacial score (nSPS) is 10.5. The minimum absolute atomic E-state index is 0.249. The average Bonchev–Trinajstić information content (AvgIpc) is 2.65.